The Balaban J connectivity index is 3.72. The van der Waals surface area contributed by atoms with E-state index in [2.05, 4.69) is 0 Å². The first-order valence-electron chi connectivity index (χ1n) is 3.89. The molecule has 1 atom stereocenters. The molecule has 88 valence electrons. The molecule has 0 aliphatic carbocycles. The van der Waals surface area contributed by atoms with Gasteiger partial charge >= 0.3 is 12.1 Å². The summed E-state index contributed by atoms with van der Waals surface area (Å²) < 4.78 is 35.0. The van der Waals surface area contributed by atoms with Crippen LogP contribution in [0.4, 0.5) is 13.2 Å². The Bertz CT molecular complexity index is 244. The van der Waals surface area contributed by atoms with E-state index in [0.717, 1.165) is 0 Å². The van der Waals surface area contributed by atoms with Crippen molar-refractivity contribution < 1.29 is 27.9 Å². The van der Waals surface area contributed by atoms with E-state index in [1.807, 2.05) is 5.32 Å². The second-order valence-electron chi connectivity index (χ2n) is 2.74. The first-order valence-corrected chi connectivity index (χ1v) is 5.04. The maximum Gasteiger partial charge on any atom is 0.397 e. The summed E-state index contributed by atoms with van der Waals surface area (Å²) in [5, 5.41) is 10.4. The molecule has 0 aromatic heterocycles. The summed E-state index contributed by atoms with van der Waals surface area (Å²) in [6, 6.07) is -1.09. The maximum atomic E-state index is 11.7. The molecule has 1 unspecified atom stereocenters. The van der Waals surface area contributed by atoms with Gasteiger partial charge in [-0.15, -0.1) is 11.8 Å². The number of thioether (sulfide) groups is 1. The van der Waals surface area contributed by atoms with Crippen LogP contribution in [0.3, 0.4) is 0 Å². The van der Waals surface area contributed by atoms with Gasteiger partial charge in [0, 0.05) is 0 Å². The van der Waals surface area contributed by atoms with E-state index in [0.29, 0.717) is 11.8 Å². The second kappa shape index (κ2) is 5.84. The third kappa shape index (κ3) is 8.10. The lowest BCUT2D eigenvalue weighted by Crippen LogP contribution is -2.39. The van der Waals surface area contributed by atoms with Crippen molar-refractivity contribution in [2.24, 2.45) is 0 Å². The lowest BCUT2D eigenvalue weighted by atomic mass is 10.3. The topological polar surface area (TPSA) is 66.4 Å². The minimum absolute atomic E-state index is 0.392. The molecular weight excluding hydrogens is 235 g/mol. The number of hydrogen-bond donors (Lipinski definition) is 2. The monoisotopic (exact) mass is 245 g/mol. The Hall–Kier alpha value is -0.920. The number of carboxylic acids is 1. The van der Waals surface area contributed by atoms with Gasteiger partial charge < -0.3 is 10.4 Å². The number of rotatable bonds is 5. The van der Waals surface area contributed by atoms with Gasteiger partial charge in [-0.1, -0.05) is 0 Å². The molecule has 0 radical (unpaired) electrons. The van der Waals surface area contributed by atoms with Crippen LogP contribution in [0, 0.1) is 0 Å². The van der Waals surface area contributed by atoms with E-state index in [-0.39, 0.29) is 0 Å². The highest BCUT2D eigenvalue weighted by Crippen LogP contribution is 2.20. The predicted molar refractivity (Wildman–Crippen MR) is 48.6 cm³/mol. The summed E-state index contributed by atoms with van der Waals surface area (Å²) in [5.41, 5.74) is 0. The minimum atomic E-state index is -4.32. The Labute approximate surface area is 88.2 Å². The van der Waals surface area contributed by atoms with E-state index in [1.54, 1.807) is 0 Å². The molecule has 0 bridgehead atoms. The quantitative estimate of drug-likeness (QED) is 0.754. The fourth-order valence-electron chi connectivity index (χ4n) is 0.604. The minimum Gasteiger partial charge on any atom is -0.480 e. The number of carbonyl (C=O) groups excluding carboxylic acids is 1. The van der Waals surface area contributed by atoms with Crippen molar-refractivity contribution in [2.75, 3.05) is 11.5 Å². The molecule has 0 fully saturated rings. The highest BCUT2D eigenvalue weighted by atomic mass is 32.2. The molecule has 0 spiro atoms. The Morgan fingerprint density at radius 1 is 1.47 bits per heavy atom. The van der Waals surface area contributed by atoms with Gasteiger partial charge in [-0.3, -0.25) is 9.59 Å². The van der Waals surface area contributed by atoms with Gasteiger partial charge in [0.25, 0.3) is 0 Å². The van der Waals surface area contributed by atoms with Gasteiger partial charge in [-0.25, -0.2) is 0 Å². The number of carboxylic acid groups (broad SMARTS) is 1. The van der Waals surface area contributed by atoms with Gasteiger partial charge in [0.1, 0.15) is 6.04 Å². The molecule has 15 heavy (non-hydrogen) atoms. The predicted octanol–water partition coefficient (Wildman–Crippen LogP) is 0.871. The number of alkyl halides is 3. The molecule has 8 heteroatoms. The molecule has 0 aliphatic rings. The van der Waals surface area contributed by atoms with Crippen molar-refractivity contribution in [3.63, 3.8) is 0 Å². The van der Waals surface area contributed by atoms with Gasteiger partial charge in [-0.2, -0.15) is 13.2 Å². The van der Waals surface area contributed by atoms with Crippen molar-refractivity contribution in [3.05, 3.63) is 0 Å². The van der Waals surface area contributed by atoms with E-state index >= 15 is 0 Å². The summed E-state index contributed by atoms with van der Waals surface area (Å²) in [5.74, 6) is -3.48. The number of carbonyl (C=O) groups is 2. The van der Waals surface area contributed by atoms with E-state index in [1.165, 1.54) is 6.92 Å². The lowest BCUT2D eigenvalue weighted by molar-refractivity contribution is -0.140. The standard InChI is InChI=1S/C7H10F3NO3S/c1-4(6(13)14)11-5(12)2-15-3-7(8,9)10/h4H,2-3H2,1H3,(H,11,12)(H,13,14). The van der Waals surface area contributed by atoms with Crippen LogP contribution in [0.25, 0.3) is 0 Å². The van der Waals surface area contributed by atoms with Crippen molar-refractivity contribution >= 4 is 23.6 Å². The highest BCUT2D eigenvalue weighted by molar-refractivity contribution is 8.00. The molecule has 1 amide bonds. The van der Waals surface area contributed by atoms with Crippen LogP contribution in [0.1, 0.15) is 6.92 Å². The van der Waals surface area contributed by atoms with Gasteiger partial charge in [0.15, 0.2) is 0 Å². The highest BCUT2D eigenvalue weighted by Gasteiger charge is 2.27. The summed E-state index contributed by atoms with van der Waals surface area (Å²) in [6.45, 7) is 1.23. The number of amides is 1. The fourth-order valence-corrected chi connectivity index (χ4v) is 1.21. The first-order chi connectivity index (χ1) is 6.72. The van der Waals surface area contributed by atoms with Crippen molar-refractivity contribution in [1.29, 1.82) is 0 Å². The summed E-state index contributed by atoms with van der Waals surface area (Å²) >= 11 is 0.392. The third-order valence-electron chi connectivity index (χ3n) is 1.25. The van der Waals surface area contributed by atoms with Crippen molar-refractivity contribution in [3.8, 4) is 0 Å². The fraction of sp³-hybridized carbons (Fsp3) is 0.714. The molecule has 0 aliphatic heterocycles. The molecule has 0 heterocycles. The number of aliphatic carboxylic acids is 1. The van der Waals surface area contributed by atoms with Crippen LogP contribution in [-0.4, -0.2) is 40.7 Å². The molecule has 0 saturated heterocycles. The van der Waals surface area contributed by atoms with Crippen LogP contribution in [0.15, 0.2) is 0 Å². The normalized spacial score (nSPS) is 13.3. The van der Waals surface area contributed by atoms with E-state index in [4.69, 9.17) is 5.11 Å². The Morgan fingerprint density at radius 2 is 2.00 bits per heavy atom. The number of halogens is 3. The average Bonchev–Trinajstić information content (AvgIpc) is 2.01. The van der Waals surface area contributed by atoms with E-state index in [9.17, 15) is 22.8 Å². The van der Waals surface area contributed by atoms with Crippen LogP contribution in [0.2, 0.25) is 0 Å². The average molecular weight is 245 g/mol. The number of hydrogen-bond acceptors (Lipinski definition) is 3. The van der Waals surface area contributed by atoms with Crippen LogP contribution in [-0.2, 0) is 9.59 Å². The Morgan fingerprint density at radius 3 is 2.40 bits per heavy atom. The van der Waals surface area contributed by atoms with Crippen LogP contribution in [0.5, 0.6) is 0 Å². The zero-order chi connectivity index (χ0) is 12.1. The molecule has 0 aromatic carbocycles. The SMILES string of the molecule is CC(NC(=O)CSCC(F)(F)F)C(=O)O. The zero-order valence-electron chi connectivity index (χ0n) is 7.80. The molecule has 0 rings (SSSR count). The summed E-state index contributed by atoms with van der Waals surface area (Å²) in [7, 11) is 0. The smallest absolute Gasteiger partial charge is 0.397 e. The first kappa shape index (κ1) is 14.1. The second-order valence-corrected chi connectivity index (χ2v) is 3.72. The lowest BCUT2D eigenvalue weighted by Gasteiger charge is -2.09. The third-order valence-corrected chi connectivity index (χ3v) is 2.24. The van der Waals surface area contributed by atoms with Crippen LogP contribution >= 0.6 is 11.8 Å². The largest absolute Gasteiger partial charge is 0.480 e. The van der Waals surface area contributed by atoms with Gasteiger partial charge in [0.05, 0.1) is 11.5 Å². The zero-order valence-corrected chi connectivity index (χ0v) is 8.61. The Kier molecular flexibility index (Phi) is 5.48. The van der Waals surface area contributed by atoms with Crippen LogP contribution < -0.4 is 5.32 Å². The molecule has 2 N–H and O–H groups in total. The van der Waals surface area contributed by atoms with Gasteiger partial charge in [0.2, 0.25) is 5.91 Å². The molecular formula is C7H10F3NO3S. The molecule has 0 saturated carbocycles. The molecule has 0 aromatic rings. The van der Waals surface area contributed by atoms with E-state index < -0.39 is 35.6 Å². The molecule has 4 nitrogen and oxygen atoms in total. The maximum absolute atomic E-state index is 11.7. The number of nitrogens with one attached hydrogen (secondary N) is 1. The van der Waals surface area contributed by atoms with Crippen molar-refractivity contribution in [1.82, 2.24) is 5.32 Å². The summed E-state index contributed by atoms with van der Waals surface area (Å²) in [4.78, 5) is 21.1. The summed E-state index contributed by atoms with van der Waals surface area (Å²) in [6.07, 6.45) is -4.32. The van der Waals surface area contributed by atoms with Crippen molar-refractivity contribution in [2.45, 2.75) is 19.1 Å². The van der Waals surface area contributed by atoms with Gasteiger partial charge in [-0.05, 0) is 6.92 Å².